The van der Waals surface area contributed by atoms with Crippen LogP contribution in [0, 0.1) is 0 Å². The predicted octanol–water partition coefficient (Wildman–Crippen LogP) is 15.0. The fourth-order valence-corrected chi connectivity index (χ4v) is 9.38. The molecule has 1 heterocycles. The van der Waals surface area contributed by atoms with Gasteiger partial charge in [-0.05, 0) is 118 Å². The van der Waals surface area contributed by atoms with Gasteiger partial charge in [-0.3, -0.25) is 0 Å². The summed E-state index contributed by atoms with van der Waals surface area (Å²) in [7, 11) is 0. The molecule has 11 rings (SSSR count). The van der Waals surface area contributed by atoms with Gasteiger partial charge in [0.25, 0.3) is 0 Å². The van der Waals surface area contributed by atoms with Crippen molar-refractivity contribution in [3.05, 3.63) is 188 Å². The van der Waals surface area contributed by atoms with Crippen molar-refractivity contribution in [3.63, 3.8) is 0 Å². The Hall–Kier alpha value is -6.70. The van der Waals surface area contributed by atoms with Gasteiger partial charge < -0.3 is 4.57 Å². The molecule has 0 unspecified atom stereocenters. The molecular formula is C54H39N. The van der Waals surface area contributed by atoms with E-state index in [-0.39, 0.29) is 5.41 Å². The molecule has 0 N–H and O–H groups in total. The first-order valence-electron chi connectivity index (χ1n) is 19.4. The van der Waals surface area contributed by atoms with E-state index in [1.165, 1.54) is 105 Å². The zero-order valence-electron chi connectivity index (χ0n) is 31.3. The van der Waals surface area contributed by atoms with E-state index in [2.05, 4.69) is 207 Å². The molecule has 1 aliphatic carbocycles. The summed E-state index contributed by atoms with van der Waals surface area (Å²) in [6.07, 6.45) is 0. The fraction of sp³-hybridized carbons (Fsp3) is 0.0741. The van der Waals surface area contributed by atoms with Crippen LogP contribution in [0.25, 0.3) is 105 Å². The molecule has 0 amide bonds. The summed E-state index contributed by atoms with van der Waals surface area (Å²) in [6, 6.07) is 67.7. The lowest BCUT2D eigenvalue weighted by Gasteiger charge is -2.20. The van der Waals surface area contributed by atoms with E-state index < -0.39 is 0 Å². The Morgan fingerprint density at radius 3 is 1.51 bits per heavy atom. The smallest absolute Gasteiger partial charge is 0.0553 e. The Bertz CT molecular complexity index is 3120. The van der Waals surface area contributed by atoms with Crippen molar-refractivity contribution in [2.75, 3.05) is 0 Å². The van der Waals surface area contributed by atoms with Gasteiger partial charge in [0.05, 0.1) is 11.0 Å². The number of para-hydroxylation sites is 1. The highest BCUT2D eigenvalue weighted by Gasteiger charge is 2.32. The standard InChI is InChI=1S/C54H39N/c1-54(2,3)38-29-26-34(27-30-38)37-28-31-46-44(32-37)51-42-24-15-25-43-50(42)45(33-47(51)55(46)39-20-11-6-12-21-39)53-49(36-18-9-5-10-19-36)41-23-14-13-22-40(41)48(52(43)53)35-16-7-4-8-17-35/h4-33H,1-3H3. The highest BCUT2D eigenvalue weighted by atomic mass is 15.0. The van der Waals surface area contributed by atoms with E-state index >= 15 is 0 Å². The van der Waals surface area contributed by atoms with Gasteiger partial charge in [-0.2, -0.15) is 0 Å². The first-order chi connectivity index (χ1) is 27.0. The Kier molecular flexibility index (Phi) is 6.88. The number of hydrogen-bond acceptors (Lipinski definition) is 0. The molecule has 0 bridgehead atoms. The van der Waals surface area contributed by atoms with Crippen molar-refractivity contribution in [2.24, 2.45) is 0 Å². The fourth-order valence-electron chi connectivity index (χ4n) is 9.38. The number of aromatic nitrogens is 1. The van der Waals surface area contributed by atoms with Crippen molar-refractivity contribution in [1.82, 2.24) is 4.57 Å². The maximum Gasteiger partial charge on any atom is 0.0553 e. The van der Waals surface area contributed by atoms with Gasteiger partial charge in [-0.15, -0.1) is 0 Å². The quantitative estimate of drug-likeness (QED) is 0.172. The topological polar surface area (TPSA) is 4.93 Å². The maximum atomic E-state index is 2.51. The third-order valence-corrected chi connectivity index (χ3v) is 11.9. The molecule has 1 aliphatic rings. The van der Waals surface area contributed by atoms with Gasteiger partial charge in [0, 0.05) is 16.5 Å². The monoisotopic (exact) mass is 701 g/mol. The van der Waals surface area contributed by atoms with Crippen molar-refractivity contribution in [1.29, 1.82) is 0 Å². The Balaban J connectivity index is 1.30. The van der Waals surface area contributed by atoms with Crippen LogP contribution >= 0.6 is 0 Å². The Morgan fingerprint density at radius 1 is 0.345 bits per heavy atom. The molecule has 0 saturated heterocycles. The van der Waals surface area contributed by atoms with Crippen LogP contribution in [0.15, 0.2) is 182 Å². The normalized spacial score (nSPS) is 12.3. The van der Waals surface area contributed by atoms with Gasteiger partial charge in [-0.25, -0.2) is 0 Å². The predicted molar refractivity (Wildman–Crippen MR) is 235 cm³/mol. The maximum absolute atomic E-state index is 2.51. The molecule has 0 saturated carbocycles. The van der Waals surface area contributed by atoms with E-state index in [1.807, 2.05) is 0 Å². The van der Waals surface area contributed by atoms with Gasteiger partial charge >= 0.3 is 0 Å². The lowest BCUT2D eigenvalue weighted by atomic mass is 9.82. The van der Waals surface area contributed by atoms with Crippen LogP contribution in [0.4, 0.5) is 0 Å². The molecule has 55 heavy (non-hydrogen) atoms. The zero-order chi connectivity index (χ0) is 36.8. The molecule has 1 nitrogen and oxygen atoms in total. The van der Waals surface area contributed by atoms with Gasteiger partial charge in [0.15, 0.2) is 0 Å². The van der Waals surface area contributed by atoms with E-state index in [0.29, 0.717) is 0 Å². The van der Waals surface area contributed by atoms with Gasteiger partial charge in [0.1, 0.15) is 0 Å². The molecule has 0 spiro atoms. The van der Waals surface area contributed by atoms with E-state index in [4.69, 9.17) is 0 Å². The zero-order valence-corrected chi connectivity index (χ0v) is 31.3. The summed E-state index contributed by atoms with van der Waals surface area (Å²) in [5.41, 5.74) is 17.9. The van der Waals surface area contributed by atoms with E-state index in [0.717, 1.165) is 5.69 Å². The SMILES string of the molecule is CC(C)(C)c1ccc(-c2ccc3c(c2)c2c4cccc5c4c(cc2n3-c2ccccc2)-c2c-5c(-c3ccccc3)c3ccccc3c2-c2ccccc2)cc1. The van der Waals surface area contributed by atoms with Crippen LogP contribution < -0.4 is 0 Å². The van der Waals surface area contributed by atoms with Crippen LogP contribution in [-0.4, -0.2) is 4.57 Å². The van der Waals surface area contributed by atoms with E-state index in [1.54, 1.807) is 0 Å². The summed E-state index contributed by atoms with van der Waals surface area (Å²) in [4.78, 5) is 0. The van der Waals surface area contributed by atoms with Crippen molar-refractivity contribution in [2.45, 2.75) is 26.2 Å². The lowest BCUT2D eigenvalue weighted by Crippen LogP contribution is -2.10. The molecular weight excluding hydrogens is 663 g/mol. The lowest BCUT2D eigenvalue weighted by molar-refractivity contribution is 0.590. The molecule has 0 radical (unpaired) electrons. The molecule has 0 aliphatic heterocycles. The third-order valence-electron chi connectivity index (χ3n) is 11.9. The number of benzene rings is 9. The molecule has 9 aromatic carbocycles. The third kappa shape index (κ3) is 4.73. The first-order valence-corrected chi connectivity index (χ1v) is 19.4. The second kappa shape index (κ2) is 11.9. The molecule has 1 heteroatoms. The van der Waals surface area contributed by atoms with Gasteiger partial charge in [-0.1, -0.05) is 172 Å². The van der Waals surface area contributed by atoms with Crippen LogP contribution in [0.2, 0.25) is 0 Å². The highest BCUT2D eigenvalue weighted by Crippen LogP contribution is 2.59. The number of fused-ring (bicyclic) bond motifs is 8. The number of hydrogen-bond donors (Lipinski definition) is 0. The highest BCUT2D eigenvalue weighted by molar-refractivity contribution is 6.34. The van der Waals surface area contributed by atoms with Crippen LogP contribution in [0.3, 0.4) is 0 Å². The first kappa shape index (κ1) is 31.8. The summed E-state index contributed by atoms with van der Waals surface area (Å²) < 4.78 is 2.49. The van der Waals surface area contributed by atoms with Crippen molar-refractivity contribution in [3.8, 4) is 61.3 Å². The average molecular weight is 702 g/mol. The van der Waals surface area contributed by atoms with Crippen molar-refractivity contribution >= 4 is 43.4 Å². The summed E-state index contributed by atoms with van der Waals surface area (Å²) in [6.45, 7) is 6.83. The van der Waals surface area contributed by atoms with Gasteiger partial charge in [0.2, 0.25) is 0 Å². The molecule has 260 valence electrons. The Morgan fingerprint density at radius 2 is 0.891 bits per heavy atom. The van der Waals surface area contributed by atoms with Crippen LogP contribution in [0.1, 0.15) is 26.3 Å². The number of rotatable bonds is 4. The largest absolute Gasteiger partial charge is 0.309 e. The summed E-state index contributed by atoms with van der Waals surface area (Å²) in [5, 5.41) is 7.75. The van der Waals surface area contributed by atoms with E-state index in [9.17, 15) is 0 Å². The minimum absolute atomic E-state index is 0.108. The summed E-state index contributed by atoms with van der Waals surface area (Å²) >= 11 is 0. The second-order valence-corrected chi connectivity index (χ2v) is 16.1. The number of nitrogens with zero attached hydrogens (tertiary/aromatic N) is 1. The second-order valence-electron chi connectivity index (χ2n) is 16.1. The summed E-state index contributed by atoms with van der Waals surface area (Å²) in [5.74, 6) is 0. The molecule has 10 aromatic rings. The Labute approximate surface area is 321 Å². The minimum Gasteiger partial charge on any atom is -0.309 e. The van der Waals surface area contributed by atoms with Crippen LogP contribution in [-0.2, 0) is 5.41 Å². The molecule has 0 fully saturated rings. The minimum atomic E-state index is 0.108. The molecule has 1 aromatic heterocycles. The molecule has 0 atom stereocenters. The average Bonchev–Trinajstić information content (AvgIpc) is 3.74. The van der Waals surface area contributed by atoms with Crippen LogP contribution in [0.5, 0.6) is 0 Å². The van der Waals surface area contributed by atoms with Crippen molar-refractivity contribution < 1.29 is 0 Å².